The topological polar surface area (TPSA) is 84.2 Å². The van der Waals surface area contributed by atoms with Crippen LogP contribution in [-0.4, -0.2) is 33.1 Å². The Morgan fingerprint density at radius 1 is 1.33 bits per heavy atom. The number of carboxylic acids is 1. The summed E-state index contributed by atoms with van der Waals surface area (Å²) in [5, 5.41) is 12.1. The number of nitrogens with zero attached hydrogens (tertiary/aromatic N) is 2. The molecule has 0 aliphatic heterocycles. The van der Waals surface area contributed by atoms with Gasteiger partial charge in [0.25, 0.3) is 0 Å². The van der Waals surface area contributed by atoms with Crippen molar-refractivity contribution in [3.8, 4) is 0 Å². The van der Waals surface area contributed by atoms with Crippen LogP contribution < -0.4 is 5.32 Å². The van der Waals surface area contributed by atoms with Gasteiger partial charge in [0.15, 0.2) is 0 Å². The maximum absolute atomic E-state index is 11.6. The first-order chi connectivity index (χ1) is 11.5. The van der Waals surface area contributed by atoms with Gasteiger partial charge in [-0.05, 0) is 38.0 Å². The highest BCUT2D eigenvalue weighted by molar-refractivity contribution is 5.92. The molecule has 6 heteroatoms. The van der Waals surface area contributed by atoms with Gasteiger partial charge >= 0.3 is 5.97 Å². The minimum atomic E-state index is -0.955. The first kappa shape index (κ1) is 18.0. The van der Waals surface area contributed by atoms with Gasteiger partial charge in [0, 0.05) is 25.4 Å². The SMILES string of the molecule is CCCC(=O)NCCc1nc2cc(C(=O)O)ccc2n1C(C)CC. The van der Waals surface area contributed by atoms with E-state index >= 15 is 0 Å². The van der Waals surface area contributed by atoms with Crippen LogP contribution in [0.4, 0.5) is 0 Å². The van der Waals surface area contributed by atoms with E-state index in [0.717, 1.165) is 24.2 Å². The third-order valence-corrected chi connectivity index (χ3v) is 4.19. The third kappa shape index (κ3) is 3.93. The molecule has 0 fully saturated rings. The fourth-order valence-corrected chi connectivity index (χ4v) is 2.76. The molecule has 1 amide bonds. The number of fused-ring (bicyclic) bond motifs is 1. The summed E-state index contributed by atoms with van der Waals surface area (Å²) in [7, 11) is 0. The number of imidazole rings is 1. The largest absolute Gasteiger partial charge is 0.478 e. The molecule has 0 spiro atoms. The molecule has 1 aromatic heterocycles. The van der Waals surface area contributed by atoms with Gasteiger partial charge in [0.1, 0.15) is 5.82 Å². The van der Waals surface area contributed by atoms with Crippen molar-refractivity contribution in [3.05, 3.63) is 29.6 Å². The molecule has 0 saturated carbocycles. The quantitative estimate of drug-likeness (QED) is 0.778. The maximum atomic E-state index is 11.6. The monoisotopic (exact) mass is 331 g/mol. The lowest BCUT2D eigenvalue weighted by Crippen LogP contribution is -2.26. The zero-order valence-electron chi connectivity index (χ0n) is 14.5. The van der Waals surface area contributed by atoms with Crippen molar-refractivity contribution in [1.29, 1.82) is 0 Å². The molecule has 2 N–H and O–H groups in total. The number of nitrogens with one attached hydrogen (secondary N) is 1. The summed E-state index contributed by atoms with van der Waals surface area (Å²) in [5.74, 6) is -0.0288. The molecule has 1 unspecified atom stereocenters. The smallest absolute Gasteiger partial charge is 0.335 e. The molecule has 1 aromatic carbocycles. The standard InChI is InChI=1S/C18H25N3O3/c1-4-6-17(22)19-10-9-16-20-14-11-13(18(23)24)7-8-15(14)21(16)12(3)5-2/h7-8,11-12H,4-6,9-10H2,1-3H3,(H,19,22)(H,23,24). The van der Waals surface area contributed by atoms with Crippen molar-refractivity contribution in [1.82, 2.24) is 14.9 Å². The molecule has 24 heavy (non-hydrogen) atoms. The summed E-state index contributed by atoms with van der Waals surface area (Å²) >= 11 is 0. The summed E-state index contributed by atoms with van der Waals surface area (Å²) in [6.07, 6.45) is 2.93. The first-order valence-electron chi connectivity index (χ1n) is 8.48. The molecule has 2 aromatic rings. The first-order valence-corrected chi connectivity index (χ1v) is 8.48. The minimum Gasteiger partial charge on any atom is -0.478 e. The van der Waals surface area contributed by atoms with E-state index in [1.807, 2.05) is 13.0 Å². The Morgan fingerprint density at radius 2 is 2.08 bits per heavy atom. The zero-order valence-corrected chi connectivity index (χ0v) is 14.5. The highest BCUT2D eigenvalue weighted by atomic mass is 16.4. The lowest BCUT2D eigenvalue weighted by atomic mass is 10.2. The number of carbonyl (C=O) groups is 2. The van der Waals surface area contributed by atoms with Crippen molar-refractivity contribution >= 4 is 22.9 Å². The Hall–Kier alpha value is -2.37. The van der Waals surface area contributed by atoms with Crippen LogP contribution in [0, 0.1) is 0 Å². The molecule has 130 valence electrons. The average molecular weight is 331 g/mol. The lowest BCUT2D eigenvalue weighted by molar-refractivity contribution is -0.121. The van der Waals surface area contributed by atoms with Crippen LogP contribution in [0.2, 0.25) is 0 Å². The van der Waals surface area contributed by atoms with Gasteiger partial charge in [-0.3, -0.25) is 4.79 Å². The number of rotatable bonds is 8. The Bertz CT molecular complexity index is 736. The van der Waals surface area contributed by atoms with Crippen LogP contribution in [0.15, 0.2) is 18.2 Å². The third-order valence-electron chi connectivity index (χ3n) is 4.19. The van der Waals surface area contributed by atoms with Gasteiger partial charge in [-0.25, -0.2) is 9.78 Å². The second kappa shape index (κ2) is 7.95. The average Bonchev–Trinajstić information content (AvgIpc) is 2.91. The van der Waals surface area contributed by atoms with Gasteiger partial charge in [-0.15, -0.1) is 0 Å². The Labute approximate surface area is 141 Å². The van der Waals surface area contributed by atoms with Crippen LogP contribution in [-0.2, 0) is 11.2 Å². The van der Waals surface area contributed by atoms with Crippen molar-refractivity contribution in [2.24, 2.45) is 0 Å². The number of aromatic carboxylic acids is 1. The second-order valence-corrected chi connectivity index (χ2v) is 6.01. The molecule has 2 rings (SSSR count). The molecular weight excluding hydrogens is 306 g/mol. The summed E-state index contributed by atoms with van der Waals surface area (Å²) in [6, 6.07) is 5.29. The van der Waals surface area contributed by atoms with Gasteiger partial charge in [0.05, 0.1) is 16.6 Å². The van der Waals surface area contributed by atoms with E-state index in [1.165, 1.54) is 0 Å². The number of amides is 1. The van der Waals surface area contributed by atoms with Gasteiger partial charge < -0.3 is 15.0 Å². The highest BCUT2D eigenvalue weighted by Gasteiger charge is 2.16. The van der Waals surface area contributed by atoms with E-state index in [4.69, 9.17) is 5.11 Å². The Morgan fingerprint density at radius 3 is 2.71 bits per heavy atom. The molecule has 0 aliphatic carbocycles. The molecule has 0 radical (unpaired) electrons. The van der Waals surface area contributed by atoms with Crippen molar-refractivity contribution < 1.29 is 14.7 Å². The summed E-state index contributed by atoms with van der Waals surface area (Å²) < 4.78 is 2.15. The minimum absolute atomic E-state index is 0.0527. The second-order valence-electron chi connectivity index (χ2n) is 6.01. The molecule has 1 heterocycles. The Kier molecular flexibility index (Phi) is 5.95. The molecule has 0 bridgehead atoms. The summed E-state index contributed by atoms with van der Waals surface area (Å²) in [4.78, 5) is 27.4. The van der Waals surface area contributed by atoms with E-state index in [1.54, 1.807) is 12.1 Å². The fourth-order valence-electron chi connectivity index (χ4n) is 2.76. The fraction of sp³-hybridized carbons (Fsp3) is 0.500. The molecule has 1 atom stereocenters. The van der Waals surface area contributed by atoms with Gasteiger partial charge in [0.2, 0.25) is 5.91 Å². The van der Waals surface area contributed by atoms with E-state index in [-0.39, 0.29) is 17.5 Å². The predicted molar refractivity (Wildman–Crippen MR) is 93.3 cm³/mol. The Balaban J connectivity index is 2.29. The number of carbonyl (C=O) groups excluding carboxylic acids is 1. The number of carboxylic acid groups (broad SMARTS) is 1. The number of hydrogen-bond donors (Lipinski definition) is 2. The molecule has 0 saturated heterocycles. The van der Waals surface area contributed by atoms with Crippen molar-refractivity contribution in [3.63, 3.8) is 0 Å². The van der Waals surface area contributed by atoms with Crippen LogP contribution in [0.3, 0.4) is 0 Å². The van der Waals surface area contributed by atoms with Gasteiger partial charge in [-0.2, -0.15) is 0 Å². The van der Waals surface area contributed by atoms with Crippen molar-refractivity contribution in [2.45, 2.75) is 52.5 Å². The van der Waals surface area contributed by atoms with Crippen LogP contribution in [0.25, 0.3) is 11.0 Å². The van der Waals surface area contributed by atoms with E-state index in [2.05, 4.69) is 28.7 Å². The maximum Gasteiger partial charge on any atom is 0.335 e. The summed E-state index contributed by atoms with van der Waals surface area (Å²) in [6.45, 7) is 6.73. The highest BCUT2D eigenvalue weighted by Crippen LogP contribution is 2.24. The molecule has 6 nitrogen and oxygen atoms in total. The number of hydrogen-bond acceptors (Lipinski definition) is 3. The van der Waals surface area contributed by atoms with Crippen molar-refractivity contribution in [2.75, 3.05) is 6.54 Å². The van der Waals surface area contributed by atoms with Crippen LogP contribution in [0.5, 0.6) is 0 Å². The van der Waals surface area contributed by atoms with E-state index in [9.17, 15) is 9.59 Å². The van der Waals surface area contributed by atoms with Crippen LogP contribution >= 0.6 is 0 Å². The predicted octanol–water partition coefficient (Wildman–Crippen LogP) is 3.16. The van der Waals surface area contributed by atoms with E-state index < -0.39 is 5.97 Å². The number of aromatic nitrogens is 2. The molecule has 0 aliphatic rings. The normalized spacial score (nSPS) is 12.3. The number of benzene rings is 1. The lowest BCUT2D eigenvalue weighted by Gasteiger charge is -2.16. The van der Waals surface area contributed by atoms with Crippen LogP contribution in [0.1, 0.15) is 62.3 Å². The molecular formula is C18H25N3O3. The van der Waals surface area contributed by atoms with Gasteiger partial charge in [-0.1, -0.05) is 13.8 Å². The summed E-state index contributed by atoms with van der Waals surface area (Å²) in [5.41, 5.74) is 1.86. The zero-order chi connectivity index (χ0) is 17.7. The van der Waals surface area contributed by atoms with E-state index in [0.29, 0.717) is 24.9 Å².